The number of carbonyl (C=O) groups excluding carboxylic acids is 1. The molecule has 5 N–H and O–H groups in total. The highest BCUT2D eigenvalue weighted by Gasteiger charge is 2.19. The predicted molar refractivity (Wildman–Crippen MR) is 119 cm³/mol. The summed E-state index contributed by atoms with van der Waals surface area (Å²) in [5, 5.41) is 9.47. The van der Waals surface area contributed by atoms with E-state index in [4.69, 9.17) is 10.5 Å². The third-order valence-electron chi connectivity index (χ3n) is 5.27. The molecule has 4 rings (SSSR count). The molecule has 0 aromatic heterocycles. The lowest BCUT2D eigenvalue weighted by Crippen LogP contribution is -2.38. The number of nitrogens with one attached hydrogen (secondary N) is 3. The first-order chi connectivity index (χ1) is 15.5. The van der Waals surface area contributed by atoms with Crippen molar-refractivity contribution >= 4 is 17.3 Å². The Morgan fingerprint density at radius 1 is 1.12 bits per heavy atom. The van der Waals surface area contributed by atoms with Gasteiger partial charge in [0.2, 0.25) is 0 Å². The maximum absolute atomic E-state index is 13.5. The molecule has 2 aliphatic rings. The SMILES string of the molecule is NC(=O)C1=CNC(Nc2ccc(N3CCOCC3)cc2)C=C1NCc1cc(F)cc(F)c1. The molecule has 1 amide bonds. The zero-order valence-corrected chi connectivity index (χ0v) is 17.4. The number of dihydropyridines is 1. The second-order valence-electron chi connectivity index (χ2n) is 7.57. The molecule has 1 atom stereocenters. The van der Waals surface area contributed by atoms with Crippen molar-refractivity contribution in [2.45, 2.75) is 12.7 Å². The Morgan fingerprint density at radius 3 is 2.47 bits per heavy atom. The summed E-state index contributed by atoms with van der Waals surface area (Å²) >= 11 is 0. The maximum Gasteiger partial charge on any atom is 0.252 e. The van der Waals surface area contributed by atoms with E-state index in [-0.39, 0.29) is 18.3 Å². The number of rotatable bonds is 7. The number of primary amides is 1. The van der Waals surface area contributed by atoms with Gasteiger partial charge < -0.3 is 31.3 Å². The molecule has 1 fully saturated rings. The van der Waals surface area contributed by atoms with Crippen molar-refractivity contribution in [3.05, 3.63) is 83.2 Å². The van der Waals surface area contributed by atoms with Crippen LogP contribution in [0.1, 0.15) is 5.56 Å². The van der Waals surface area contributed by atoms with Gasteiger partial charge in [-0.25, -0.2) is 8.78 Å². The van der Waals surface area contributed by atoms with Crippen LogP contribution in [0.25, 0.3) is 0 Å². The zero-order valence-electron chi connectivity index (χ0n) is 17.4. The summed E-state index contributed by atoms with van der Waals surface area (Å²) in [5.74, 6) is -1.94. The number of morpholine rings is 1. The molecule has 168 valence electrons. The largest absolute Gasteiger partial charge is 0.380 e. The van der Waals surface area contributed by atoms with Gasteiger partial charge in [-0.3, -0.25) is 4.79 Å². The summed E-state index contributed by atoms with van der Waals surface area (Å²) in [6, 6.07) is 11.3. The number of hydrogen-bond donors (Lipinski definition) is 4. The average molecular weight is 441 g/mol. The fourth-order valence-corrected chi connectivity index (χ4v) is 3.68. The van der Waals surface area contributed by atoms with Crippen molar-refractivity contribution in [2.75, 3.05) is 36.5 Å². The van der Waals surface area contributed by atoms with Crippen molar-refractivity contribution in [1.82, 2.24) is 10.6 Å². The monoisotopic (exact) mass is 441 g/mol. The van der Waals surface area contributed by atoms with Crippen LogP contribution in [0.5, 0.6) is 0 Å². The molecule has 2 aromatic carbocycles. The zero-order chi connectivity index (χ0) is 22.5. The lowest BCUT2D eigenvalue weighted by Gasteiger charge is -2.29. The van der Waals surface area contributed by atoms with Gasteiger partial charge in [-0.15, -0.1) is 0 Å². The minimum atomic E-state index is -0.660. The molecule has 0 aliphatic carbocycles. The summed E-state index contributed by atoms with van der Waals surface area (Å²) in [7, 11) is 0. The van der Waals surface area contributed by atoms with Gasteiger partial charge in [0, 0.05) is 49.0 Å². The van der Waals surface area contributed by atoms with Gasteiger partial charge in [0.15, 0.2) is 0 Å². The van der Waals surface area contributed by atoms with Crippen molar-refractivity contribution in [3.63, 3.8) is 0 Å². The molecule has 2 aliphatic heterocycles. The van der Waals surface area contributed by atoms with Crippen molar-refractivity contribution < 1.29 is 18.3 Å². The lowest BCUT2D eigenvalue weighted by molar-refractivity contribution is -0.114. The van der Waals surface area contributed by atoms with E-state index in [2.05, 4.69) is 20.9 Å². The fourth-order valence-electron chi connectivity index (χ4n) is 3.68. The van der Waals surface area contributed by atoms with Gasteiger partial charge in [-0.05, 0) is 48.0 Å². The number of nitrogens with two attached hydrogens (primary N) is 1. The quantitative estimate of drug-likeness (QED) is 0.527. The molecule has 0 bridgehead atoms. The van der Waals surface area contributed by atoms with Gasteiger partial charge in [-0.2, -0.15) is 0 Å². The Balaban J connectivity index is 1.43. The second-order valence-corrected chi connectivity index (χ2v) is 7.57. The molecule has 7 nitrogen and oxygen atoms in total. The molecular weight excluding hydrogens is 416 g/mol. The fraction of sp³-hybridized carbons (Fsp3) is 0.261. The van der Waals surface area contributed by atoms with E-state index in [1.807, 2.05) is 24.3 Å². The van der Waals surface area contributed by atoms with E-state index in [0.29, 0.717) is 11.3 Å². The van der Waals surface area contributed by atoms with E-state index >= 15 is 0 Å². The van der Waals surface area contributed by atoms with Crippen LogP contribution in [0.2, 0.25) is 0 Å². The molecule has 32 heavy (non-hydrogen) atoms. The molecule has 9 heteroatoms. The molecule has 0 radical (unpaired) electrons. The van der Waals surface area contributed by atoms with Crippen LogP contribution in [0.3, 0.4) is 0 Å². The molecule has 1 unspecified atom stereocenters. The van der Waals surface area contributed by atoms with Crippen LogP contribution in [0, 0.1) is 11.6 Å². The summed E-state index contributed by atoms with van der Waals surface area (Å²) in [5.41, 5.74) is 8.64. The number of nitrogens with zero attached hydrogens (tertiary/aromatic N) is 1. The Hall–Kier alpha value is -3.59. The van der Waals surface area contributed by atoms with Gasteiger partial charge in [-0.1, -0.05) is 0 Å². The van der Waals surface area contributed by atoms with Crippen LogP contribution < -0.4 is 26.6 Å². The first kappa shape index (κ1) is 21.6. The number of carbonyl (C=O) groups is 1. The van der Waals surface area contributed by atoms with Crippen molar-refractivity contribution in [1.29, 1.82) is 0 Å². The smallest absolute Gasteiger partial charge is 0.252 e. The van der Waals surface area contributed by atoms with Gasteiger partial charge in [0.1, 0.15) is 17.8 Å². The van der Waals surface area contributed by atoms with Gasteiger partial charge in [0.25, 0.3) is 5.91 Å². The first-order valence-electron chi connectivity index (χ1n) is 10.3. The number of hydrogen-bond acceptors (Lipinski definition) is 6. The van der Waals surface area contributed by atoms with Crippen LogP contribution in [0.15, 0.2) is 66.0 Å². The Labute approximate surface area is 184 Å². The second kappa shape index (κ2) is 9.69. The first-order valence-corrected chi connectivity index (χ1v) is 10.3. The standard InChI is InChI=1S/C23H25F2N5O2/c24-16-9-15(10-17(25)11-16)13-27-21-12-22(28-14-20(21)23(26)31)29-18-1-3-19(4-2-18)30-5-7-32-8-6-30/h1-4,9-12,14,22,27-29H,5-8,13H2,(H2,26,31). The molecule has 2 heterocycles. The van der Waals surface area contributed by atoms with E-state index in [1.165, 1.54) is 18.3 Å². The topological polar surface area (TPSA) is 91.7 Å². The van der Waals surface area contributed by atoms with Crippen LogP contribution >= 0.6 is 0 Å². The summed E-state index contributed by atoms with van der Waals surface area (Å²) in [6.45, 7) is 3.31. The lowest BCUT2D eigenvalue weighted by atomic mass is 10.1. The highest BCUT2D eigenvalue weighted by Crippen LogP contribution is 2.21. The van der Waals surface area contributed by atoms with Crippen molar-refractivity contribution in [3.8, 4) is 0 Å². The number of benzene rings is 2. The van der Waals surface area contributed by atoms with E-state index in [0.717, 1.165) is 43.7 Å². The summed E-state index contributed by atoms with van der Waals surface area (Å²) in [4.78, 5) is 14.1. The molecule has 2 aromatic rings. The van der Waals surface area contributed by atoms with E-state index < -0.39 is 17.5 Å². The predicted octanol–water partition coefficient (Wildman–Crippen LogP) is 2.19. The molecule has 0 saturated carbocycles. The van der Waals surface area contributed by atoms with E-state index in [9.17, 15) is 13.6 Å². The Kier molecular flexibility index (Phi) is 6.55. The van der Waals surface area contributed by atoms with Gasteiger partial charge in [0.05, 0.1) is 18.8 Å². The van der Waals surface area contributed by atoms with Crippen LogP contribution in [-0.4, -0.2) is 38.4 Å². The van der Waals surface area contributed by atoms with E-state index in [1.54, 1.807) is 6.08 Å². The van der Waals surface area contributed by atoms with Crippen molar-refractivity contribution in [2.24, 2.45) is 5.73 Å². The highest BCUT2D eigenvalue weighted by molar-refractivity contribution is 5.96. The molecular formula is C23H25F2N5O2. The number of ether oxygens (including phenoxy) is 1. The minimum absolute atomic E-state index is 0.131. The van der Waals surface area contributed by atoms with Crippen LogP contribution in [0.4, 0.5) is 20.2 Å². The third kappa shape index (κ3) is 5.36. The normalized spacial score (nSPS) is 18.3. The number of halogens is 2. The third-order valence-corrected chi connectivity index (χ3v) is 5.27. The molecule has 1 saturated heterocycles. The maximum atomic E-state index is 13.5. The summed E-state index contributed by atoms with van der Waals surface area (Å²) in [6.07, 6.45) is 2.97. The Morgan fingerprint density at radius 2 is 1.81 bits per heavy atom. The Bertz CT molecular complexity index is 1010. The van der Waals surface area contributed by atoms with Gasteiger partial charge >= 0.3 is 0 Å². The minimum Gasteiger partial charge on any atom is -0.380 e. The average Bonchev–Trinajstić information content (AvgIpc) is 2.78. The highest BCUT2D eigenvalue weighted by atomic mass is 19.1. The summed E-state index contributed by atoms with van der Waals surface area (Å²) < 4.78 is 32.3. The number of anilines is 2. The van der Waals surface area contributed by atoms with Crippen LogP contribution in [-0.2, 0) is 16.1 Å². The molecule has 0 spiro atoms. The number of amides is 1.